The lowest BCUT2D eigenvalue weighted by atomic mass is 10.1. The Morgan fingerprint density at radius 3 is 2.37 bits per heavy atom. The standard InChI is InChI=1S/C21H27N3O3/c1-15-12-19(16(2)22(15)3)20(25)14-23-8-10-24(11-9-23)21(26)17-6-5-7-18(13-17)27-4/h5-7,12-13H,8-11,14H2,1-4H3. The molecule has 0 spiro atoms. The first-order valence-electron chi connectivity index (χ1n) is 9.22. The van der Waals surface area contributed by atoms with Gasteiger partial charge in [0.15, 0.2) is 5.78 Å². The summed E-state index contributed by atoms with van der Waals surface area (Å²) < 4.78 is 7.24. The van der Waals surface area contributed by atoms with E-state index in [1.165, 1.54) is 0 Å². The van der Waals surface area contributed by atoms with E-state index in [1.807, 2.05) is 48.6 Å². The molecule has 1 aliphatic rings. The Labute approximate surface area is 160 Å². The van der Waals surface area contributed by atoms with E-state index in [9.17, 15) is 9.59 Å². The first-order chi connectivity index (χ1) is 12.9. The fourth-order valence-electron chi connectivity index (χ4n) is 3.47. The number of hydrogen-bond acceptors (Lipinski definition) is 4. The van der Waals surface area contributed by atoms with E-state index in [1.54, 1.807) is 19.2 Å². The van der Waals surface area contributed by atoms with Crippen LogP contribution in [0.4, 0.5) is 0 Å². The quantitative estimate of drug-likeness (QED) is 0.759. The number of carbonyl (C=O) groups is 2. The normalized spacial score (nSPS) is 15.0. The van der Waals surface area contributed by atoms with Crippen LogP contribution in [0.5, 0.6) is 5.75 Å². The molecule has 1 saturated heterocycles. The van der Waals surface area contributed by atoms with Gasteiger partial charge in [-0.1, -0.05) is 6.07 Å². The van der Waals surface area contributed by atoms with Crippen LogP contribution in [0.3, 0.4) is 0 Å². The Hall–Kier alpha value is -2.60. The van der Waals surface area contributed by atoms with Crippen molar-refractivity contribution < 1.29 is 14.3 Å². The van der Waals surface area contributed by atoms with Crippen LogP contribution in [-0.2, 0) is 7.05 Å². The van der Waals surface area contributed by atoms with E-state index in [0.29, 0.717) is 44.0 Å². The highest BCUT2D eigenvalue weighted by Gasteiger charge is 2.24. The van der Waals surface area contributed by atoms with Crippen LogP contribution in [0.2, 0.25) is 0 Å². The average molecular weight is 369 g/mol. The fourth-order valence-corrected chi connectivity index (χ4v) is 3.47. The Kier molecular flexibility index (Phi) is 5.65. The summed E-state index contributed by atoms with van der Waals surface area (Å²) in [6.07, 6.45) is 0. The molecule has 2 heterocycles. The number of ketones is 1. The molecule has 1 aromatic carbocycles. The third-order valence-electron chi connectivity index (χ3n) is 5.42. The van der Waals surface area contributed by atoms with Crippen molar-refractivity contribution in [3.63, 3.8) is 0 Å². The maximum atomic E-state index is 12.7. The molecule has 0 radical (unpaired) electrons. The van der Waals surface area contributed by atoms with Crippen molar-refractivity contribution in [2.75, 3.05) is 39.8 Å². The third-order valence-corrected chi connectivity index (χ3v) is 5.42. The van der Waals surface area contributed by atoms with Crippen molar-refractivity contribution in [1.29, 1.82) is 0 Å². The molecule has 0 atom stereocenters. The summed E-state index contributed by atoms with van der Waals surface area (Å²) >= 11 is 0. The summed E-state index contributed by atoms with van der Waals surface area (Å²) in [5.41, 5.74) is 3.52. The number of aryl methyl sites for hydroxylation is 1. The molecular formula is C21H27N3O3. The van der Waals surface area contributed by atoms with E-state index < -0.39 is 0 Å². The van der Waals surface area contributed by atoms with Crippen LogP contribution in [0.15, 0.2) is 30.3 Å². The summed E-state index contributed by atoms with van der Waals surface area (Å²) in [4.78, 5) is 29.3. The summed E-state index contributed by atoms with van der Waals surface area (Å²) in [6, 6.07) is 9.18. The number of carbonyl (C=O) groups excluding carboxylic acids is 2. The molecule has 1 aromatic heterocycles. The Morgan fingerprint density at radius 2 is 1.78 bits per heavy atom. The number of nitrogens with zero attached hydrogens (tertiary/aromatic N) is 3. The molecule has 2 aromatic rings. The maximum absolute atomic E-state index is 12.7. The van der Waals surface area contributed by atoms with Gasteiger partial charge in [0.2, 0.25) is 0 Å². The van der Waals surface area contributed by atoms with Gasteiger partial charge in [-0.05, 0) is 38.1 Å². The van der Waals surface area contributed by atoms with Crippen LogP contribution in [-0.4, -0.2) is 65.9 Å². The number of piperazine rings is 1. The molecule has 1 aliphatic heterocycles. The second-order valence-corrected chi connectivity index (χ2v) is 7.07. The van der Waals surface area contributed by atoms with Crippen LogP contribution in [0.25, 0.3) is 0 Å². The zero-order valence-corrected chi connectivity index (χ0v) is 16.5. The smallest absolute Gasteiger partial charge is 0.254 e. The van der Waals surface area contributed by atoms with E-state index in [-0.39, 0.29) is 11.7 Å². The number of hydrogen-bond donors (Lipinski definition) is 0. The monoisotopic (exact) mass is 369 g/mol. The van der Waals surface area contributed by atoms with E-state index in [2.05, 4.69) is 4.90 Å². The minimum Gasteiger partial charge on any atom is -0.497 e. The highest BCUT2D eigenvalue weighted by atomic mass is 16.5. The zero-order valence-electron chi connectivity index (χ0n) is 16.5. The van der Waals surface area contributed by atoms with Gasteiger partial charge in [-0.3, -0.25) is 14.5 Å². The van der Waals surface area contributed by atoms with Crippen LogP contribution in [0, 0.1) is 13.8 Å². The molecule has 0 saturated carbocycles. The predicted molar refractivity (Wildman–Crippen MR) is 105 cm³/mol. The highest BCUT2D eigenvalue weighted by molar-refractivity contribution is 5.99. The van der Waals surface area contributed by atoms with Gasteiger partial charge in [-0.15, -0.1) is 0 Å². The molecular weight excluding hydrogens is 342 g/mol. The van der Waals surface area contributed by atoms with Crippen LogP contribution >= 0.6 is 0 Å². The first kappa shape index (κ1) is 19.2. The number of ether oxygens (including phenoxy) is 1. The Morgan fingerprint density at radius 1 is 1.07 bits per heavy atom. The van der Waals surface area contributed by atoms with Crippen molar-refractivity contribution >= 4 is 11.7 Å². The molecule has 1 fully saturated rings. The Balaban J connectivity index is 1.57. The average Bonchev–Trinajstić information content (AvgIpc) is 2.95. The third kappa shape index (κ3) is 4.06. The number of Topliss-reactive ketones (excluding diaryl/α,β-unsaturated/α-hetero) is 1. The SMILES string of the molecule is COc1cccc(C(=O)N2CCN(CC(=O)c3cc(C)n(C)c3C)CC2)c1. The summed E-state index contributed by atoms with van der Waals surface area (Å²) in [5, 5.41) is 0. The van der Waals surface area contributed by atoms with Gasteiger partial charge in [0, 0.05) is 55.7 Å². The topological polar surface area (TPSA) is 54.8 Å². The summed E-state index contributed by atoms with van der Waals surface area (Å²) in [5.74, 6) is 0.830. The van der Waals surface area contributed by atoms with E-state index in [4.69, 9.17) is 4.74 Å². The van der Waals surface area contributed by atoms with Crippen molar-refractivity contribution in [2.45, 2.75) is 13.8 Å². The van der Waals surface area contributed by atoms with Crippen molar-refractivity contribution in [1.82, 2.24) is 14.4 Å². The van der Waals surface area contributed by atoms with Gasteiger partial charge in [0.25, 0.3) is 5.91 Å². The van der Waals surface area contributed by atoms with Crippen LogP contribution in [0.1, 0.15) is 32.1 Å². The summed E-state index contributed by atoms with van der Waals surface area (Å²) in [6.45, 7) is 7.02. The lowest BCUT2D eigenvalue weighted by Gasteiger charge is -2.34. The first-order valence-corrected chi connectivity index (χ1v) is 9.22. The number of methoxy groups -OCH3 is 1. The van der Waals surface area contributed by atoms with E-state index in [0.717, 1.165) is 17.0 Å². The minimum absolute atomic E-state index is 0.00871. The molecule has 0 aliphatic carbocycles. The molecule has 0 N–H and O–H groups in total. The molecule has 6 nitrogen and oxygen atoms in total. The molecule has 27 heavy (non-hydrogen) atoms. The molecule has 144 valence electrons. The molecule has 1 amide bonds. The molecule has 0 bridgehead atoms. The molecule has 6 heteroatoms. The largest absolute Gasteiger partial charge is 0.497 e. The van der Waals surface area contributed by atoms with Crippen molar-refractivity contribution in [2.24, 2.45) is 7.05 Å². The lowest BCUT2D eigenvalue weighted by Crippen LogP contribution is -2.49. The predicted octanol–water partition coefficient (Wildman–Crippen LogP) is 2.29. The highest BCUT2D eigenvalue weighted by Crippen LogP contribution is 2.17. The van der Waals surface area contributed by atoms with E-state index >= 15 is 0 Å². The number of rotatable bonds is 5. The van der Waals surface area contributed by atoms with Crippen molar-refractivity contribution in [3.8, 4) is 5.75 Å². The fraction of sp³-hybridized carbons (Fsp3) is 0.429. The Bertz CT molecular complexity index is 848. The number of aromatic nitrogens is 1. The van der Waals surface area contributed by atoms with Gasteiger partial charge in [-0.2, -0.15) is 0 Å². The zero-order chi connectivity index (χ0) is 19.6. The molecule has 3 rings (SSSR count). The van der Waals surface area contributed by atoms with Gasteiger partial charge in [0.1, 0.15) is 5.75 Å². The van der Waals surface area contributed by atoms with Crippen LogP contribution < -0.4 is 4.74 Å². The van der Waals surface area contributed by atoms with Gasteiger partial charge >= 0.3 is 0 Å². The second-order valence-electron chi connectivity index (χ2n) is 7.07. The minimum atomic E-state index is 0.00871. The number of benzene rings is 1. The molecule has 0 unspecified atom stereocenters. The van der Waals surface area contributed by atoms with Gasteiger partial charge < -0.3 is 14.2 Å². The second kappa shape index (κ2) is 7.96. The van der Waals surface area contributed by atoms with Gasteiger partial charge in [0.05, 0.1) is 13.7 Å². The summed E-state index contributed by atoms with van der Waals surface area (Å²) in [7, 11) is 3.57. The number of amides is 1. The van der Waals surface area contributed by atoms with Gasteiger partial charge in [-0.25, -0.2) is 0 Å². The van der Waals surface area contributed by atoms with Crippen molar-refractivity contribution in [3.05, 3.63) is 52.8 Å². The maximum Gasteiger partial charge on any atom is 0.254 e. The lowest BCUT2D eigenvalue weighted by molar-refractivity contribution is 0.0624.